The molecular weight excluding hydrogens is 531 g/mol. The van der Waals surface area contributed by atoms with Crippen molar-refractivity contribution in [1.82, 2.24) is 18.7 Å². The summed E-state index contributed by atoms with van der Waals surface area (Å²) in [6.07, 6.45) is 1.35. The molecule has 0 saturated carbocycles. The molecule has 14 heteroatoms. The van der Waals surface area contributed by atoms with Crippen LogP contribution >= 0.6 is 23.2 Å². The average molecular weight is 564 g/mol. The van der Waals surface area contributed by atoms with Crippen molar-refractivity contribution >= 4 is 31.3 Å². The van der Waals surface area contributed by atoms with E-state index in [9.17, 15) is 19.2 Å². The molecule has 2 fully saturated rings. The molecule has 0 bridgehead atoms. The average Bonchev–Trinajstić information content (AvgIpc) is 3.47. The van der Waals surface area contributed by atoms with Crippen molar-refractivity contribution in [3.05, 3.63) is 64.1 Å². The number of halogens is 2. The Morgan fingerprint density at radius 1 is 0.972 bits per heavy atom. The molecule has 36 heavy (non-hydrogen) atoms. The number of nitrogens with one attached hydrogen (secondary N) is 1. The number of hydrogen-bond acceptors (Lipinski definition) is 7. The van der Waals surface area contributed by atoms with Crippen LogP contribution in [-0.2, 0) is 20.9 Å². The molecule has 11 nitrogen and oxygen atoms in total. The van der Waals surface area contributed by atoms with Crippen LogP contribution in [0.15, 0.2) is 31.3 Å². The Bertz CT molecular complexity index is 1240. The third-order valence-corrected chi connectivity index (χ3v) is 8.09. The fraction of sp³-hybridized carbons (Fsp3) is 0.636. The molecule has 2 aromatic heterocycles. The van der Waals surface area contributed by atoms with E-state index in [1.807, 2.05) is 0 Å². The summed E-state index contributed by atoms with van der Waals surface area (Å²) in [5, 5.41) is 0.174. The zero-order valence-electron chi connectivity index (χ0n) is 20.6. The minimum atomic E-state index is -1.18. The van der Waals surface area contributed by atoms with Crippen LogP contribution in [0.25, 0.3) is 0 Å². The Kier molecular flexibility index (Phi) is 9.95. The van der Waals surface area contributed by atoms with Gasteiger partial charge in [0.25, 0.3) is 11.1 Å². The first-order valence-corrected chi connectivity index (χ1v) is 16.2. The topological polar surface area (TPSA) is 127 Å². The van der Waals surface area contributed by atoms with E-state index in [1.54, 1.807) is 0 Å². The van der Waals surface area contributed by atoms with Gasteiger partial charge in [0, 0.05) is 40.0 Å². The first kappa shape index (κ1) is 28.6. The number of H-pyrrole nitrogens is 1. The molecule has 4 rings (SSSR count). The summed E-state index contributed by atoms with van der Waals surface area (Å²) in [5.74, 6) is 0. The van der Waals surface area contributed by atoms with Gasteiger partial charge in [-0.3, -0.25) is 28.3 Å². The van der Waals surface area contributed by atoms with E-state index in [1.165, 1.54) is 21.3 Å². The quantitative estimate of drug-likeness (QED) is 0.311. The minimum Gasteiger partial charge on any atom is -0.379 e. The summed E-state index contributed by atoms with van der Waals surface area (Å²) in [6, 6.07) is 3.09. The van der Waals surface area contributed by atoms with Crippen molar-refractivity contribution in [2.24, 2.45) is 0 Å². The van der Waals surface area contributed by atoms with Gasteiger partial charge < -0.3 is 14.2 Å². The van der Waals surface area contributed by atoms with E-state index in [2.05, 4.69) is 24.6 Å². The van der Waals surface area contributed by atoms with Gasteiger partial charge in [-0.1, -0.05) is 42.8 Å². The molecule has 2 aromatic rings. The van der Waals surface area contributed by atoms with Gasteiger partial charge in [0.1, 0.15) is 17.0 Å². The molecule has 0 aromatic carbocycles. The maximum Gasteiger partial charge on any atom is 0.334 e. The zero-order valence-corrected chi connectivity index (χ0v) is 23.1. The standard InChI is InChI=1S/C14H23ClN2O4Si.C8H9ClN2O3/c1-22(2,3)7-6-21-10-16-12(15)8-13(18)17(14(16)19)11-4-5-20-9-11;9-6-3-7(12)11(8(13)10-6)5-1-2-14-4-5/h8,11H,4-7,9-10H2,1-3H3;3,5H,1-2,4H2,(H,10,13). The van der Waals surface area contributed by atoms with Crippen LogP contribution < -0.4 is 22.5 Å². The van der Waals surface area contributed by atoms with E-state index in [-0.39, 0.29) is 40.2 Å². The Morgan fingerprint density at radius 2 is 1.56 bits per heavy atom. The summed E-state index contributed by atoms with van der Waals surface area (Å²) in [7, 11) is -1.18. The molecule has 200 valence electrons. The molecule has 2 unspecified atom stereocenters. The van der Waals surface area contributed by atoms with Crippen molar-refractivity contribution in [2.45, 2.75) is 57.3 Å². The van der Waals surface area contributed by atoms with Crippen LogP contribution in [0.1, 0.15) is 24.9 Å². The summed E-state index contributed by atoms with van der Waals surface area (Å²) in [4.78, 5) is 49.8. The second-order valence-electron chi connectivity index (χ2n) is 9.90. The van der Waals surface area contributed by atoms with Gasteiger partial charge in [0.2, 0.25) is 0 Å². The molecule has 2 aliphatic heterocycles. The second-order valence-corrected chi connectivity index (χ2v) is 16.3. The van der Waals surface area contributed by atoms with Crippen LogP contribution in [0.5, 0.6) is 0 Å². The highest BCUT2D eigenvalue weighted by Gasteiger charge is 2.23. The van der Waals surface area contributed by atoms with E-state index < -0.39 is 19.5 Å². The van der Waals surface area contributed by atoms with Crippen molar-refractivity contribution < 1.29 is 14.2 Å². The number of aromatic nitrogens is 4. The number of ether oxygens (including phenoxy) is 3. The Labute approximate surface area is 218 Å². The predicted molar refractivity (Wildman–Crippen MR) is 139 cm³/mol. The SMILES string of the molecule is C[Si](C)(C)CCOCn1c(Cl)cc(=O)n(C2CCOC2)c1=O.O=c1cc(Cl)[nH]c(=O)n1C1CCOC1. The maximum atomic E-state index is 12.5. The monoisotopic (exact) mass is 562 g/mol. The van der Waals surface area contributed by atoms with Gasteiger partial charge in [0.15, 0.2) is 0 Å². The maximum absolute atomic E-state index is 12.5. The van der Waals surface area contributed by atoms with Gasteiger partial charge in [0.05, 0.1) is 25.3 Å². The highest BCUT2D eigenvalue weighted by atomic mass is 35.5. The fourth-order valence-electron chi connectivity index (χ4n) is 3.83. The van der Waals surface area contributed by atoms with E-state index in [0.717, 1.165) is 10.6 Å². The lowest BCUT2D eigenvalue weighted by molar-refractivity contribution is 0.0820. The normalized spacial score (nSPS) is 19.8. The van der Waals surface area contributed by atoms with Gasteiger partial charge >= 0.3 is 11.4 Å². The molecule has 2 aliphatic rings. The van der Waals surface area contributed by atoms with Crippen molar-refractivity contribution in [3.8, 4) is 0 Å². The largest absolute Gasteiger partial charge is 0.379 e. The number of hydrogen-bond donors (Lipinski definition) is 1. The molecule has 0 spiro atoms. The Balaban J connectivity index is 0.000000221. The van der Waals surface area contributed by atoms with Crippen molar-refractivity contribution in [1.29, 1.82) is 0 Å². The van der Waals surface area contributed by atoms with Crippen LogP contribution in [0, 0.1) is 0 Å². The third-order valence-electron chi connectivity index (χ3n) is 5.87. The summed E-state index contributed by atoms with van der Waals surface area (Å²) >= 11 is 11.6. The predicted octanol–water partition coefficient (Wildman–Crippen LogP) is 2.09. The van der Waals surface area contributed by atoms with Crippen LogP contribution in [0.2, 0.25) is 36.0 Å². The molecule has 1 N–H and O–H groups in total. The van der Waals surface area contributed by atoms with Crippen molar-refractivity contribution in [3.63, 3.8) is 0 Å². The minimum absolute atomic E-state index is 0.0650. The van der Waals surface area contributed by atoms with Gasteiger partial charge in [-0.15, -0.1) is 0 Å². The summed E-state index contributed by atoms with van der Waals surface area (Å²) in [5.41, 5.74) is -1.67. The summed E-state index contributed by atoms with van der Waals surface area (Å²) in [6.45, 7) is 9.37. The first-order chi connectivity index (χ1) is 17.0. The number of nitrogens with zero attached hydrogens (tertiary/aromatic N) is 3. The van der Waals surface area contributed by atoms with E-state index in [0.29, 0.717) is 45.9 Å². The second kappa shape index (κ2) is 12.5. The zero-order chi connectivity index (χ0) is 26.5. The van der Waals surface area contributed by atoms with Crippen LogP contribution in [0.3, 0.4) is 0 Å². The molecule has 2 saturated heterocycles. The lowest BCUT2D eigenvalue weighted by Gasteiger charge is -2.17. The highest BCUT2D eigenvalue weighted by molar-refractivity contribution is 6.76. The number of rotatable bonds is 7. The van der Waals surface area contributed by atoms with Gasteiger partial charge in [-0.25, -0.2) is 9.59 Å². The molecule has 0 radical (unpaired) electrons. The van der Waals surface area contributed by atoms with E-state index >= 15 is 0 Å². The Hall–Kier alpha value is -1.96. The molecule has 2 atom stereocenters. The van der Waals surface area contributed by atoms with Gasteiger partial charge in [-0.2, -0.15) is 0 Å². The molecular formula is C22H32Cl2N4O7Si. The van der Waals surface area contributed by atoms with Crippen LogP contribution in [-0.4, -0.2) is 59.8 Å². The lowest BCUT2D eigenvalue weighted by atomic mass is 10.2. The lowest BCUT2D eigenvalue weighted by Crippen LogP contribution is -2.42. The molecule has 0 aliphatic carbocycles. The third kappa shape index (κ3) is 7.53. The first-order valence-electron chi connectivity index (χ1n) is 11.7. The summed E-state index contributed by atoms with van der Waals surface area (Å²) < 4.78 is 19.6. The molecule has 0 amide bonds. The Morgan fingerprint density at radius 3 is 2.08 bits per heavy atom. The highest BCUT2D eigenvalue weighted by Crippen LogP contribution is 2.16. The fourth-order valence-corrected chi connectivity index (χ4v) is 4.97. The van der Waals surface area contributed by atoms with E-state index in [4.69, 9.17) is 37.4 Å². The van der Waals surface area contributed by atoms with Gasteiger partial charge in [-0.05, 0) is 18.9 Å². The number of aromatic amines is 1. The van der Waals surface area contributed by atoms with Crippen molar-refractivity contribution in [2.75, 3.05) is 33.0 Å². The molecule has 4 heterocycles. The van der Waals surface area contributed by atoms with Crippen LogP contribution in [0.4, 0.5) is 0 Å². The smallest absolute Gasteiger partial charge is 0.334 e.